The lowest BCUT2D eigenvalue weighted by atomic mass is 9.97. The summed E-state index contributed by atoms with van der Waals surface area (Å²) < 4.78 is 7.79. The minimum absolute atomic E-state index is 0.118. The minimum atomic E-state index is -0.269. The van der Waals surface area contributed by atoms with E-state index in [4.69, 9.17) is 9.84 Å². The Labute approximate surface area is 203 Å². The fourth-order valence-corrected chi connectivity index (χ4v) is 4.59. The van der Waals surface area contributed by atoms with Crippen LogP contribution in [0, 0.1) is 11.3 Å². The summed E-state index contributed by atoms with van der Waals surface area (Å²) in [6, 6.07) is 22.1. The van der Waals surface area contributed by atoms with Crippen molar-refractivity contribution in [1.29, 1.82) is 5.26 Å². The van der Waals surface area contributed by atoms with E-state index in [0.29, 0.717) is 25.4 Å². The van der Waals surface area contributed by atoms with Gasteiger partial charge in [-0.25, -0.2) is 0 Å². The Morgan fingerprint density at radius 1 is 1.00 bits per heavy atom. The van der Waals surface area contributed by atoms with Crippen molar-refractivity contribution < 1.29 is 9.53 Å². The van der Waals surface area contributed by atoms with Gasteiger partial charge in [-0.2, -0.15) is 10.4 Å². The Bertz CT molecular complexity index is 1430. The second-order valence-electron chi connectivity index (χ2n) is 8.99. The molecule has 1 saturated carbocycles. The quantitative estimate of drug-likeness (QED) is 0.457. The summed E-state index contributed by atoms with van der Waals surface area (Å²) in [5.41, 5.74) is 5.83. The number of aromatic nitrogens is 3. The average molecular weight is 462 g/mol. The van der Waals surface area contributed by atoms with E-state index in [-0.39, 0.29) is 11.3 Å². The summed E-state index contributed by atoms with van der Waals surface area (Å²) in [6.07, 6.45) is 5.34. The molecule has 7 nitrogen and oxygen atoms in total. The maximum atomic E-state index is 12.7. The molecule has 0 spiro atoms. The molecule has 2 aromatic carbocycles. The highest BCUT2D eigenvalue weighted by Crippen LogP contribution is 2.47. The maximum Gasteiger partial charge on any atom is 0.270 e. The highest BCUT2D eigenvalue weighted by molar-refractivity contribution is 6.03. The van der Waals surface area contributed by atoms with E-state index in [2.05, 4.69) is 16.4 Å². The first-order valence-corrected chi connectivity index (χ1v) is 11.7. The first-order chi connectivity index (χ1) is 17.2. The number of pyridine rings is 1. The minimum Gasteiger partial charge on any atom is -0.489 e. The number of fused-ring (bicyclic) bond motifs is 1. The molecule has 6 rings (SSSR count). The van der Waals surface area contributed by atoms with Gasteiger partial charge in [0.25, 0.3) is 5.91 Å². The summed E-state index contributed by atoms with van der Waals surface area (Å²) in [7, 11) is 0. The normalized spacial score (nSPS) is 15.6. The molecule has 2 aliphatic rings. The third-order valence-electron chi connectivity index (χ3n) is 6.75. The van der Waals surface area contributed by atoms with Crippen LogP contribution in [0.25, 0.3) is 22.4 Å². The van der Waals surface area contributed by atoms with Crippen molar-refractivity contribution in [3.05, 3.63) is 89.9 Å². The average Bonchev–Trinajstić information content (AvgIpc) is 3.61. The number of hydrogen-bond donors (Lipinski definition) is 1. The number of benzene rings is 2. The van der Waals surface area contributed by atoms with Gasteiger partial charge in [-0.1, -0.05) is 36.4 Å². The van der Waals surface area contributed by atoms with Gasteiger partial charge in [0.1, 0.15) is 23.7 Å². The first-order valence-electron chi connectivity index (χ1n) is 11.7. The molecule has 1 amide bonds. The molecule has 1 N–H and O–H groups in total. The highest BCUT2D eigenvalue weighted by Gasteiger charge is 2.44. The Kier molecular flexibility index (Phi) is 5.07. The number of nitrogens with one attached hydrogen (secondary N) is 1. The monoisotopic (exact) mass is 461 g/mol. The Morgan fingerprint density at radius 2 is 1.74 bits per heavy atom. The van der Waals surface area contributed by atoms with Crippen molar-refractivity contribution >= 4 is 5.91 Å². The molecule has 7 heteroatoms. The molecule has 1 aliphatic heterocycles. The van der Waals surface area contributed by atoms with Crippen LogP contribution in [0.2, 0.25) is 0 Å². The van der Waals surface area contributed by atoms with Gasteiger partial charge < -0.3 is 10.1 Å². The second-order valence-corrected chi connectivity index (χ2v) is 8.99. The molecule has 0 bridgehead atoms. The number of hydrogen-bond acceptors (Lipinski definition) is 5. The lowest BCUT2D eigenvalue weighted by molar-refractivity contribution is 0.0925. The Hall–Kier alpha value is -4.44. The van der Waals surface area contributed by atoms with E-state index in [1.54, 1.807) is 17.1 Å². The molecule has 35 heavy (non-hydrogen) atoms. The SMILES string of the molecule is N#CC1(c2ccc(COc3ccc(-c4c(-c5ccncc5)nn5c4C(=O)NCC5)cc3)cc2)CC1. The first kappa shape index (κ1) is 21.1. The van der Waals surface area contributed by atoms with Crippen LogP contribution >= 0.6 is 0 Å². The van der Waals surface area contributed by atoms with Gasteiger partial charge >= 0.3 is 0 Å². The molecule has 3 heterocycles. The Balaban J connectivity index is 1.24. The fourth-order valence-electron chi connectivity index (χ4n) is 4.59. The molecule has 1 fully saturated rings. The zero-order valence-electron chi connectivity index (χ0n) is 19.1. The van der Waals surface area contributed by atoms with Crippen molar-refractivity contribution in [2.24, 2.45) is 0 Å². The lowest BCUT2D eigenvalue weighted by Gasteiger charge is -2.15. The molecule has 2 aromatic heterocycles. The molecule has 4 aromatic rings. The predicted molar refractivity (Wildman–Crippen MR) is 131 cm³/mol. The summed E-state index contributed by atoms with van der Waals surface area (Å²) >= 11 is 0. The number of ether oxygens (including phenoxy) is 1. The number of nitrogens with zero attached hydrogens (tertiary/aromatic N) is 4. The van der Waals surface area contributed by atoms with Crippen LogP contribution in [0.4, 0.5) is 0 Å². The number of nitriles is 1. The molecule has 0 saturated heterocycles. The van der Waals surface area contributed by atoms with Crippen LogP contribution in [-0.4, -0.2) is 27.2 Å². The van der Waals surface area contributed by atoms with Crippen LogP contribution in [-0.2, 0) is 18.6 Å². The van der Waals surface area contributed by atoms with Crippen molar-refractivity contribution in [2.75, 3.05) is 6.54 Å². The van der Waals surface area contributed by atoms with E-state index < -0.39 is 0 Å². The van der Waals surface area contributed by atoms with Gasteiger partial charge in [0.2, 0.25) is 0 Å². The van der Waals surface area contributed by atoms with Gasteiger partial charge in [-0.3, -0.25) is 14.5 Å². The van der Waals surface area contributed by atoms with Gasteiger partial charge in [0, 0.05) is 30.1 Å². The molecule has 172 valence electrons. The second kappa shape index (κ2) is 8.41. The lowest BCUT2D eigenvalue weighted by Crippen LogP contribution is -2.35. The van der Waals surface area contributed by atoms with Crippen LogP contribution in [0.5, 0.6) is 5.75 Å². The largest absolute Gasteiger partial charge is 0.489 e. The smallest absolute Gasteiger partial charge is 0.270 e. The zero-order valence-corrected chi connectivity index (χ0v) is 19.1. The van der Waals surface area contributed by atoms with E-state index >= 15 is 0 Å². The molecule has 0 atom stereocenters. The van der Waals surface area contributed by atoms with Crippen molar-refractivity contribution in [3.63, 3.8) is 0 Å². The number of rotatable bonds is 6. The summed E-state index contributed by atoms with van der Waals surface area (Å²) in [4.78, 5) is 16.8. The van der Waals surface area contributed by atoms with Crippen LogP contribution in [0.1, 0.15) is 34.5 Å². The van der Waals surface area contributed by atoms with Gasteiger partial charge in [-0.05, 0) is 53.8 Å². The molecular weight excluding hydrogens is 438 g/mol. The van der Waals surface area contributed by atoms with E-state index in [9.17, 15) is 10.1 Å². The van der Waals surface area contributed by atoms with Crippen LogP contribution in [0.15, 0.2) is 73.1 Å². The van der Waals surface area contributed by atoms with Crippen LogP contribution < -0.4 is 10.1 Å². The third kappa shape index (κ3) is 3.83. The third-order valence-corrected chi connectivity index (χ3v) is 6.75. The highest BCUT2D eigenvalue weighted by atomic mass is 16.5. The van der Waals surface area contributed by atoms with Crippen molar-refractivity contribution in [1.82, 2.24) is 20.1 Å². The molecular formula is C28H23N5O2. The number of carbonyl (C=O) groups is 1. The van der Waals surface area contributed by atoms with Crippen molar-refractivity contribution in [3.8, 4) is 34.2 Å². The molecule has 0 radical (unpaired) electrons. The maximum absolute atomic E-state index is 12.7. The van der Waals surface area contributed by atoms with Crippen LogP contribution in [0.3, 0.4) is 0 Å². The fraction of sp³-hybridized carbons (Fsp3) is 0.214. The van der Waals surface area contributed by atoms with E-state index in [1.807, 2.05) is 60.7 Å². The zero-order chi connectivity index (χ0) is 23.8. The summed E-state index contributed by atoms with van der Waals surface area (Å²) in [6.45, 7) is 1.63. The standard InChI is InChI=1S/C28H23N5O2/c29-18-28(11-12-28)22-5-1-19(2-6-22)17-35-23-7-3-20(4-8-23)24-25(21-9-13-30-14-10-21)32-33-16-15-31-27(34)26(24)33/h1-10,13-14H,11-12,15-17H2,(H,31,34). The Morgan fingerprint density at radius 3 is 2.43 bits per heavy atom. The van der Waals surface area contributed by atoms with Crippen molar-refractivity contribution in [2.45, 2.75) is 31.4 Å². The van der Waals surface area contributed by atoms with Gasteiger partial charge in [0.05, 0.1) is 18.0 Å². The molecule has 1 aliphatic carbocycles. The number of carbonyl (C=O) groups excluding carboxylic acids is 1. The van der Waals surface area contributed by atoms with E-state index in [1.165, 1.54) is 0 Å². The van der Waals surface area contributed by atoms with Gasteiger partial charge in [0.15, 0.2) is 0 Å². The van der Waals surface area contributed by atoms with Gasteiger partial charge in [-0.15, -0.1) is 0 Å². The summed E-state index contributed by atoms with van der Waals surface area (Å²) in [5.74, 6) is 0.622. The predicted octanol–water partition coefficient (Wildman–Crippen LogP) is 4.49. The molecule has 0 unspecified atom stereocenters. The van der Waals surface area contributed by atoms with E-state index in [0.717, 1.165) is 52.1 Å². The topological polar surface area (TPSA) is 92.8 Å². The summed E-state index contributed by atoms with van der Waals surface area (Å²) in [5, 5.41) is 17.1. The number of amides is 1.